The summed E-state index contributed by atoms with van der Waals surface area (Å²) < 4.78 is 49.4. The van der Waals surface area contributed by atoms with Crippen molar-refractivity contribution >= 4 is 17.3 Å². The molecule has 0 heterocycles. The van der Waals surface area contributed by atoms with E-state index in [2.05, 4.69) is 0 Å². The number of carbonyl (C=O) groups excluding carboxylic acids is 1. The molecule has 0 aliphatic heterocycles. The van der Waals surface area contributed by atoms with Crippen molar-refractivity contribution in [1.82, 2.24) is 0 Å². The van der Waals surface area contributed by atoms with E-state index in [4.69, 9.17) is 5.11 Å². The predicted octanol–water partition coefficient (Wildman–Crippen LogP) is 2.43. The van der Waals surface area contributed by atoms with Gasteiger partial charge in [-0.05, 0) is 17.7 Å². The Morgan fingerprint density at radius 3 is 2.00 bits per heavy atom. The fraction of sp³-hybridized carbons (Fsp3) is 0.0909. The molecule has 96 valence electrons. The van der Waals surface area contributed by atoms with Crippen LogP contribution in [0.15, 0.2) is 30.3 Å². The number of rotatable bonds is 3. The number of allylic oxidation sites excluding steroid dienone is 1. The van der Waals surface area contributed by atoms with E-state index in [1.807, 2.05) is 0 Å². The van der Waals surface area contributed by atoms with E-state index in [-0.39, 0.29) is 11.6 Å². The lowest BCUT2D eigenvalue weighted by molar-refractivity contribution is -0.164. The third-order valence-electron chi connectivity index (χ3n) is 1.93. The van der Waals surface area contributed by atoms with Crippen molar-refractivity contribution in [3.8, 4) is 0 Å². The molecule has 0 bridgehead atoms. The van der Waals surface area contributed by atoms with Gasteiger partial charge in [-0.3, -0.25) is 4.79 Å². The lowest BCUT2D eigenvalue weighted by Gasteiger charge is -2.09. The SMILES string of the molecule is O=C(O)/C=C(\C(=O)C(F)(F)F)c1ccc(F)cc1. The van der Waals surface area contributed by atoms with Gasteiger partial charge in [-0.15, -0.1) is 0 Å². The number of carboxylic acid groups (broad SMARTS) is 1. The number of benzene rings is 1. The number of alkyl halides is 3. The molecular formula is C11H6F4O3. The second-order valence-corrected chi connectivity index (χ2v) is 3.23. The van der Waals surface area contributed by atoms with Gasteiger partial charge in [-0.25, -0.2) is 9.18 Å². The highest BCUT2D eigenvalue weighted by Crippen LogP contribution is 2.26. The summed E-state index contributed by atoms with van der Waals surface area (Å²) in [5.74, 6) is -4.71. The normalized spacial score (nSPS) is 12.3. The van der Waals surface area contributed by atoms with Crippen molar-refractivity contribution in [1.29, 1.82) is 0 Å². The average Bonchev–Trinajstić information content (AvgIpc) is 2.25. The van der Waals surface area contributed by atoms with E-state index in [0.717, 1.165) is 24.3 Å². The van der Waals surface area contributed by atoms with Crippen LogP contribution < -0.4 is 0 Å². The molecule has 0 aliphatic carbocycles. The van der Waals surface area contributed by atoms with Gasteiger partial charge in [0.15, 0.2) is 0 Å². The van der Waals surface area contributed by atoms with E-state index in [1.165, 1.54) is 0 Å². The monoisotopic (exact) mass is 262 g/mol. The van der Waals surface area contributed by atoms with E-state index in [9.17, 15) is 27.2 Å². The molecule has 18 heavy (non-hydrogen) atoms. The number of ketones is 1. The van der Waals surface area contributed by atoms with Crippen LogP contribution in [0.25, 0.3) is 5.57 Å². The molecule has 1 N–H and O–H groups in total. The first-order valence-electron chi connectivity index (χ1n) is 4.54. The molecule has 0 aromatic heterocycles. The molecular weight excluding hydrogens is 256 g/mol. The fourth-order valence-corrected chi connectivity index (χ4v) is 1.19. The molecule has 0 unspecified atom stereocenters. The summed E-state index contributed by atoms with van der Waals surface area (Å²) in [4.78, 5) is 21.4. The lowest BCUT2D eigenvalue weighted by atomic mass is 10.0. The van der Waals surface area contributed by atoms with Gasteiger partial charge < -0.3 is 5.11 Å². The van der Waals surface area contributed by atoms with Crippen molar-refractivity contribution in [2.75, 3.05) is 0 Å². The van der Waals surface area contributed by atoms with Crippen LogP contribution in [0.3, 0.4) is 0 Å². The van der Waals surface area contributed by atoms with Crippen molar-refractivity contribution in [3.63, 3.8) is 0 Å². The van der Waals surface area contributed by atoms with Crippen LogP contribution in [-0.2, 0) is 9.59 Å². The molecule has 0 fully saturated rings. The molecule has 3 nitrogen and oxygen atoms in total. The van der Waals surface area contributed by atoms with Crippen molar-refractivity contribution < 1.29 is 32.3 Å². The zero-order valence-corrected chi connectivity index (χ0v) is 8.66. The minimum absolute atomic E-state index is 0.142. The van der Waals surface area contributed by atoms with Gasteiger partial charge in [0.25, 0.3) is 5.78 Å². The summed E-state index contributed by atoms with van der Waals surface area (Å²) in [6.07, 6.45) is -5.06. The minimum Gasteiger partial charge on any atom is -0.478 e. The molecule has 1 rings (SSSR count). The summed E-state index contributed by atoms with van der Waals surface area (Å²) in [6.45, 7) is 0. The van der Waals surface area contributed by atoms with Crippen molar-refractivity contribution in [2.45, 2.75) is 6.18 Å². The van der Waals surface area contributed by atoms with Gasteiger partial charge in [-0.1, -0.05) is 12.1 Å². The minimum atomic E-state index is -5.20. The first kappa shape index (κ1) is 13.9. The first-order chi connectivity index (χ1) is 8.21. The standard InChI is InChI=1S/C11H6F4O3/c12-7-3-1-6(2-4-7)8(5-9(16)17)10(18)11(13,14)15/h1-5H,(H,16,17)/b8-5-. The Labute approximate surface area is 98.3 Å². The van der Waals surface area contributed by atoms with Crippen LogP contribution >= 0.6 is 0 Å². The van der Waals surface area contributed by atoms with Gasteiger partial charge >= 0.3 is 12.1 Å². The number of halogens is 4. The zero-order chi connectivity index (χ0) is 13.9. The van der Waals surface area contributed by atoms with Crippen LogP contribution in [0.4, 0.5) is 17.6 Å². The number of aliphatic carboxylic acids is 1. The highest BCUT2D eigenvalue weighted by Gasteiger charge is 2.41. The topological polar surface area (TPSA) is 54.4 Å². The van der Waals surface area contributed by atoms with Gasteiger partial charge in [0.1, 0.15) is 5.82 Å². The Morgan fingerprint density at radius 2 is 1.61 bits per heavy atom. The molecule has 0 atom stereocenters. The van der Waals surface area contributed by atoms with Crippen LogP contribution in [-0.4, -0.2) is 23.0 Å². The summed E-state index contributed by atoms with van der Waals surface area (Å²) in [7, 11) is 0. The summed E-state index contributed by atoms with van der Waals surface area (Å²) in [5, 5.41) is 8.44. The molecule has 0 spiro atoms. The maximum absolute atomic E-state index is 12.6. The second kappa shape index (κ2) is 4.99. The van der Waals surface area contributed by atoms with Crippen molar-refractivity contribution in [2.24, 2.45) is 0 Å². The Hall–Kier alpha value is -2.18. The van der Waals surface area contributed by atoms with E-state index < -0.39 is 29.3 Å². The first-order valence-corrected chi connectivity index (χ1v) is 4.54. The highest BCUT2D eigenvalue weighted by molar-refractivity contribution is 6.26. The summed E-state index contributed by atoms with van der Waals surface area (Å²) in [5.41, 5.74) is -1.36. The lowest BCUT2D eigenvalue weighted by Crippen LogP contribution is -2.24. The number of hydrogen-bond acceptors (Lipinski definition) is 2. The molecule has 0 saturated heterocycles. The Bertz CT molecular complexity index is 500. The molecule has 7 heteroatoms. The van der Waals surface area contributed by atoms with Crippen LogP contribution in [0, 0.1) is 5.82 Å². The van der Waals surface area contributed by atoms with Gasteiger partial charge in [0, 0.05) is 11.6 Å². The van der Waals surface area contributed by atoms with Gasteiger partial charge in [0.05, 0.1) is 0 Å². The number of carbonyl (C=O) groups is 2. The molecule has 0 saturated carbocycles. The predicted molar refractivity (Wildman–Crippen MR) is 53.1 cm³/mol. The van der Waals surface area contributed by atoms with Crippen LogP contribution in [0.1, 0.15) is 5.56 Å². The smallest absolute Gasteiger partial charge is 0.454 e. The Balaban J connectivity index is 3.27. The number of carboxylic acids is 1. The molecule has 1 aromatic rings. The molecule has 1 aromatic carbocycles. The Kier molecular flexibility index (Phi) is 3.85. The number of Topliss-reactive ketones (excluding diaryl/α,β-unsaturated/α-hetero) is 1. The number of hydrogen-bond donors (Lipinski definition) is 1. The van der Waals surface area contributed by atoms with Crippen LogP contribution in [0.5, 0.6) is 0 Å². The third-order valence-corrected chi connectivity index (χ3v) is 1.93. The Morgan fingerprint density at radius 1 is 1.11 bits per heavy atom. The van der Waals surface area contributed by atoms with Gasteiger partial charge in [0.2, 0.25) is 0 Å². The molecule has 0 radical (unpaired) electrons. The van der Waals surface area contributed by atoms with Gasteiger partial charge in [-0.2, -0.15) is 13.2 Å². The maximum atomic E-state index is 12.6. The van der Waals surface area contributed by atoms with Crippen LogP contribution in [0.2, 0.25) is 0 Å². The second-order valence-electron chi connectivity index (χ2n) is 3.23. The summed E-state index contributed by atoms with van der Waals surface area (Å²) in [6, 6.07) is 3.45. The maximum Gasteiger partial charge on any atom is 0.454 e. The molecule has 0 aliphatic rings. The fourth-order valence-electron chi connectivity index (χ4n) is 1.19. The van der Waals surface area contributed by atoms with E-state index in [1.54, 1.807) is 0 Å². The van der Waals surface area contributed by atoms with Crippen molar-refractivity contribution in [3.05, 3.63) is 41.7 Å². The highest BCUT2D eigenvalue weighted by atomic mass is 19.4. The largest absolute Gasteiger partial charge is 0.478 e. The zero-order valence-electron chi connectivity index (χ0n) is 8.66. The van der Waals surface area contributed by atoms with E-state index >= 15 is 0 Å². The average molecular weight is 262 g/mol. The third kappa shape index (κ3) is 3.41. The van der Waals surface area contributed by atoms with E-state index in [0.29, 0.717) is 0 Å². The quantitative estimate of drug-likeness (QED) is 0.672. The summed E-state index contributed by atoms with van der Waals surface area (Å²) >= 11 is 0. The molecule has 0 amide bonds.